The monoisotopic (exact) mass is 353 g/mol. The van der Waals surface area contributed by atoms with Crippen molar-refractivity contribution in [3.63, 3.8) is 0 Å². The predicted octanol–water partition coefficient (Wildman–Crippen LogP) is 2.97. The number of rotatable bonds is 5. The van der Waals surface area contributed by atoms with E-state index < -0.39 is 0 Å². The summed E-state index contributed by atoms with van der Waals surface area (Å²) in [6.07, 6.45) is 2.18. The van der Waals surface area contributed by atoms with Crippen LogP contribution in [0.4, 0.5) is 10.1 Å². The van der Waals surface area contributed by atoms with Gasteiger partial charge in [-0.05, 0) is 42.7 Å². The van der Waals surface area contributed by atoms with Crippen LogP contribution < -0.4 is 10.2 Å². The van der Waals surface area contributed by atoms with Crippen LogP contribution in [0.1, 0.15) is 24.4 Å². The highest BCUT2D eigenvalue weighted by Gasteiger charge is 2.33. The molecule has 1 N–H and O–H groups in total. The number of nitrogens with zero attached hydrogens (tertiary/aromatic N) is 2. The number of anilines is 1. The third-order valence-corrected chi connectivity index (χ3v) is 5.16. The number of hydrogen-bond acceptors (Lipinski definition) is 3. The number of benzene rings is 2. The fraction of sp³-hybridized carbons (Fsp3) is 0.381. The first-order valence-corrected chi connectivity index (χ1v) is 9.30. The smallest absolute Gasteiger partial charge is 0.242 e. The van der Waals surface area contributed by atoms with Gasteiger partial charge in [0.25, 0.3) is 0 Å². The van der Waals surface area contributed by atoms with E-state index in [0.717, 1.165) is 50.3 Å². The Morgan fingerprint density at radius 2 is 1.62 bits per heavy atom. The van der Waals surface area contributed by atoms with Crippen molar-refractivity contribution in [1.82, 2.24) is 10.2 Å². The van der Waals surface area contributed by atoms with Crippen LogP contribution in [0.15, 0.2) is 54.6 Å². The first-order valence-electron chi connectivity index (χ1n) is 9.30. The zero-order valence-electron chi connectivity index (χ0n) is 14.8. The maximum atomic E-state index is 13.1. The van der Waals surface area contributed by atoms with Crippen molar-refractivity contribution in [3.8, 4) is 0 Å². The fourth-order valence-electron chi connectivity index (χ4n) is 3.56. The average molecular weight is 353 g/mol. The molecule has 26 heavy (non-hydrogen) atoms. The number of halogens is 1. The topological polar surface area (TPSA) is 35.6 Å². The van der Waals surface area contributed by atoms with Gasteiger partial charge in [-0.2, -0.15) is 0 Å². The quantitative estimate of drug-likeness (QED) is 0.898. The second kappa shape index (κ2) is 7.46. The molecule has 4 nitrogen and oxygen atoms in total. The number of piperazine rings is 1. The molecule has 136 valence electrons. The van der Waals surface area contributed by atoms with Crippen LogP contribution in [0.25, 0.3) is 0 Å². The molecule has 1 saturated heterocycles. The van der Waals surface area contributed by atoms with E-state index in [4.69, 9.17) is 0 Å². The third-order valence-electron chi connectivity index (χ3n) is 5.16. The molecule has 0 bridgehead atoms. The molecule has 1 aliphatic heterocycles. The van der Waals surface area contributed by atoms with E-state index in [-0.39, 0.29) is 17.8 Å². The largest absolute Gasteiger partial charge is 0.369 e. The van der Waals surface area contributed by atoms with E-state index in [1.165, 1.54) is 12.1 Å². The Morgan fingerprint density at radius 3 is 2.23 bits per heavy atom. The summed E-state index contributed by atoms with van der Waals surface area (Å²) in [4.78, 5) is 17.4. The van der Waals surface area contributed by atoms with Crippen molar-refractivity contribution in [2.45, 2.75) is 24.9 Å². The van der Waals surface area contributed by atoms with E-state index in [1.54, 1.807) is 0 Å². The lowest BCUT2D eigenvalue weighted by Crippen LogP contribution is -2.51. The lowest BCUT2D eigenvalue weighted by molar-refractivity contribution is -0.127. The fourth-order valence-corrected chi connectivity index (χ4v) is 3.56. The van der Waals surface area contributed by atoms with Crippen LogP contribution in [-0.4, -0.2) is 43.0 Å². The number of hydrogen-bond donors (Lipinski definition) is 1. The summed E-state index contributed by atoms with van der Waals surface area (Å²) < 4.78 is 13.1. The molecule has 2 aromatic carbocycles. The summed E-state index contributed by atoms with van der Waals surface area (Å²) in [5, 5.41) is 3.16. The highest BCUT2D eigenvalue weighted by Crippen LogP contribution is 2.27. The Balaban J connectivity index is 1.46. The molecule has 2 aliphatic rings. The molecule has 2 aromatic rings. The summed E-state index contributed by atoms with van der Waals surface area (Å²) >= 11 is 0. The molecule has 0 unspecified atom stereocenters. The van der Waals surface area contributed by atoms with Crippen molar-refractivity contribution < 1.29 is 9.18 Å². The molecule has 1 amide bonds. The molecular formula is C21H24FN3O. The average Bonchev–Trinajstić information content (AvgIpc) is 3.48. The highest BCUT2D eigenvalue weighted by atomic mass is 19.1. The Bertz CT molecular complexity index is 738. The van der Waals surface area contributed by atoms with Gasteiger partial charge in [0.05, 0.1) is 0 Å². The van der Waals surface area contributed by atoms with E-state index in [2.05, 4.69) is 15.1 Å². The summed E-state index contributed by atoms with van der Waals surface area (Å²) in [5.74, 6) is -0.109. The number of carbonyl (C=O) groups excluding carboxylic acids is 1. The van der Waals surface area contributed by atoms with Gasteiger partial charge in [0.15, 0.2) is 0 Å². The molecule has 4 rings (SSSR count). The molecule has 5 heteroatoms. The number of carbonyl (C=O) groups is 1. The summed E-state index contributed by atoms with van der Waals surface area (Å²) in [6, 6.07) is 16.8. The normalized spacial score (nSPS) is 19.2. The van der Waals surface area contributed by atoms with E-state index in [0.29, 0.717) is 6.04 Å². The van der Waals surface area contributed by atoms with Crippen LogP contribution in [0.3, 0.4) is 0 Å². The molecule has 1 saturated carbocycles. The van der Waals surface area contributed by atoms with Gasteiger partial charge in [0.1, 0.15) is 11.9 Å². The Hall–Kier alpha value is -2.40. The van der Waals surface area contributed by atoms with Crippen molar-refractivity contribution in [1.29, 1.82) is 0 Å². The molecule has 1 aliphatic carbocycles. The first-order chi connectivity index (χ1) is 12.7. The van der Waals surface area contributed by atoms with Crippen LogP contribution in [0, 0.1) is 5.82 Å². The molecule has 0 aromatic heterocycles. The van der Waals surface area contributed by atoms with E-state index in [1.807, 2.05) is 42.5 Å². The zero-order valence-corrected chi connectivity index (χ0v) is 14.8. The second-order valence-corrected chi connectivity index (χ2v) is 7.10. The molecule has 1 atom stereocenters. The van der Waals surface area contributed by atoms with Gasteiger partial charge in [-0.3, -0.25) is 9.69 Å². The Morgan fingerprint density at radius 1 is 0.962 bits per heavy atom. The van der Waals surface area contributed by atoms with Crippen molar-refractivity contribution in [3.05, 3.63) is 66.0 Å². The molecular weight excluding hydrogens is 329 g/mol. The van der Waals surface area contributed by atoms with Gasteiger partial charge >= 0.3 is 0 Å². The first kappa shape index (κ1) is 17.0. The highest BCUT2D eigenvalue weighted by molar-refractivity contribution is 5.83. The van der Waals surface area contributed by atoms with Gasteiger partial charge in [-0.15, -0.1) is 0 Å². The number of amides is 1. The van der Waals surface area contributed by atoms with Crippen LogP contribution >= 0.6 is 0 Å². The van der Waals surface area contributed by atoms with E-state index in [9.17, 15) is 9.18 Å². The van der Waals surface area contributed by atoms with Crippen molar-refractivity contribution in [2.24, 2.45) is 0 Å². The van der Waals surface area contributed by atoms with Crippen molar-refractivity contribution in [2.75, 3.05) is 31.1 Å². The van der Waals surface area contributed by atoms with Gasteiger partial charge in [0.2, 0.25) is 5.91 Å². The molecule has 1 heterocycles. The Kier molecular flexibility index (Phi) is 4.89. The number of nitrogens with one attached hydrogen (secondary N) is 1. The summed E-state index contributed by atoms with van der Waals surface area (Å²) in [6.45, 7) is 3.25. The standard InChI is InChI=1S/C21H24FN3O/c22-17-6-10-19(11-7-17)24-12-14-25(15-13-24)20(16-4-2-1-3-5-16)21(26)23-18-8-9-18/h1-7,10-11,18,20H,8-9,12-15H2,(H,23,26)/t20-/m1/s1. The minimum absolute atomic E-state index is 0.105. The minimum atomic E-state index is -0.243. The maximum Gasteiger partial charge on any atom is 0.242 e. The van der Waals surface area contributed by atoms with Crippen LogP contribution in [-0.2, 0) is 4.79 Å². The molecule has 0 radical (unpaired) electrons. The van der Waals surface area contributed by atoms with Gasteiger partial charge in [-0.25, -0.2) is 4.39 Å². The predicted molar refractivity (Wildman–Crippen MR) is 101 cm³/mol. The Labute approximate surface area is 153 Å². The summed E-state index contributed by atoms with van der Waals surface area (Å²) in [7, 11) is 0. The van der Waals surface area contributed by atoms with Gasteiger partial charge in [-0.1, -0.05) is 30.3 Å². The lowest BCUT2D eigenvalue weighted by atomic mass is 10.0. The molecule has 2 fully saturated rings. The van der Waals surface area contributed by atoms with Crippen molar-refractivity contribution >= 4 is 11.6 Å². The third kappa shape index (κ3) is 3.88. The minimum Gasteiger partial charge on any atom is -0.369 e. The maximum absolute atomic E-state index is 13.1. The second-order valence-electron chi connectivity index (χ2n) is 7.10. The lowest BCUT2D eigenvalue weighted by Gasteiger charge is -2.39. The van der Waals surface area contributed by atoms with E-state index >= 15 is 0 Å². The summed E-state index contributed by atoms with van der Waals surface area (Å²) in [5.41, 5.74) is 2.07. The SMILES string of the molecule is O=C(NC1CC1)[C@@H](c1ccccc1)N1CCN(c2ccc(F)cc2)CC1. The van der Waals surface area contributed by atoms with Gasteiger partial charge < -0.3 is 10.2 Å². The van der Waals surface area contributed by atoms with Crippen LogP contribution in [0.5, 0.6) is 0 Å². The zero-order chi connectivity index (χ0) is 17.9. The van der Waals surface area contributed by atoms with Gasteiger partial charge in [0, 0.05) is 37.9 Å². The molecule has 0 spiro atoms. The van der Waals surface area contributed by atoms with Crippen LogP contribution in [0.2, 0.25) is 0 Å².